The van der Waals surface area contributed by atoms with Gasteiger partial charge in [-0.15, -0.1) is 0 Å². The van der Waals surface area contributed by atoms with Crippen molar-refractivity contribution in [3.63, 3.8) is 0 Å². The number of aromatic nitrogens is 2. The van der Waals surface area contributed by atoms with Gasteiger partial charge in [0.1, 0.15) is 19.0 Å². The van der Waals surface area contributed by atoms with E-state index in [1.165, 1.54) is 16.8 Å². The van der Waals surface area contributed by atoms with Gasteiger partial charge < -0.3 is 26.9 Å². The number of anilines is 1. The fraction of sp³-hybridized carbons (Fsp3) is 0.333. The number of oxime groups is 1. The summed E-state index contributed by atoms with van der Waals surface area (Å²) in [6, 6.07) is 6.42. The molecule has 0 unspecified atom stereocenters. The lowest BCUT2D eigenvalue weighted by molar-refractivity contribution is -0.122. The minimum absolute atomic E-state index is 0.0801. The largest absolute Gasteiger partial charge is 0.391 e. The number of amides is 1. The summed E-state index contributed by atoms with van der Waals surface area (Å²) >= 11 is 0. The van der Waals surface area contributed by atoms with Crippen LogP contribution in [0.1, 0.15) is 11.3 Å². The van der Waals surface area contributed by atoms with Gasteiger partial charge in [-0.05, 0) is 30.1 Å². The zero-order valence-corrected chi connectivity index (χ0v) is 16.0. The van der Waals surface area contributed by atoms with Crippen LogP contribution < -0.4 is 27.7 Å². The third kappa shape index (κ3) is 6.79. The summed E-state index contributed by atoms with van der Waals surface area (Å²) in [5.41, 5.74) is 10.8. The van der Waals surface area contributed by atoms with Gasteiger partial charge in [0.15, 0.2) is 5.82 Å². The molecule has 1 aromatic heterocycles. The van der Waals surface area contributed by atoms with Gasteiger partial charge in [0, 0.05) is 18.4 Å². The highest BCUT2D eigenvalue weighted by Crippen LogP contribution is 2.07. The van der Waals surface area contributed by atoms with Crippen LogP contribution in [-0.2, 0) is 22.6 Å². The molecular weight excluding hydrogens is 381 g/mol. The number of guanidine groups is 1. The van der Waals surface area contributed by atoms with Crippen molar-refractivity contribution >= 4 is 17.7 Å². The van der Waals surface area contributed by atoms with Crippen LogP contribution in [0.3, 0.4) is 0 Å². The Kier molecular flexibility index (Phi) is 7.95. The molecule has 0 aliphatic carbocycles. The SMILES string of the molecule is Cc1cnc(NCCc2ccccc2F)c(=O)n1CC(=O)NCCON=C(N)N. The lowest BCUT2D eigenvalue weighted by atomic mass is 10.1. The number of carbonyl (C=O) groups excluding carboxylic acids is 1. The van der Waals surface area contributed by atoms with Crippen LogP contribution in [0.25, 0.3) is 0 Å². The molecule has 156 valence electrons. The summed E-state index contributed by atoms with van der Waals surface area (Å²) in [7, 11) is 0. The third-order valence-corrected chi connectivity index (χ3v) is 3.89. The number of benzene rings is 1. The number of nitrogens with zero attached hydrogens (tertiary/aromatic N) is 3. The molecule has 11 heteroatoms. The summed E-state index contributed by atoms with van der Waals surface area (Å²) in [5.74, 6) is -0.808. The van der Waals surface area contributed by atoms with Crippen molar-refractivity contribution in [1.29, 1.82) is 0 Å². The second kappa shape index (κ2) is 10.6. The Hall–Kier alpha value is -3.63. The molecule has 0 spiro atoms. The van der Waals surface area contributed by atoms with Crippen LogP contribution in [0.2, 0.25) is 0 Å². The second-order valence-corrected chi connectivity index (χ2v) is 6.11. The van der Waals surface area contributed by atoms with E-state index in [2.05, 4.69) is 20.8 Å². The first-order valence-electron chi connectivity index (χ1n) is 8.89. The first-order valence-corrected chi connectivity index (χ1v) is 8.89. The van der Waals surface area contributed by atoms with Crippen LogP contribution in [0, 0.1) is 12.7 Å². The average Bonchev–Trinajstić information content (AvgIpc) is 2.68. The predicted molar refractivity (Wildman–Crippen MR) is 107 cm³/mol. The molecule has 0 bridgehead atoms. The van der Waals surface area contributed by atoms with Crippen molar-refractivity contribution in [2.24, 2.45) is 16.6 Å². The molecule has 0 aliphatic heterocycles. The number of aryl methyl sites for hydroxylation is 1. The van der Waals surface area contributed by atoms with Gasteiger partial charge in [-0.25, -0.2) is 9.37 Å². The van der Waals surface area contributed by atoms with Crippen LogP contribution in [0.15, 0.2) is 40.4 Å². The van der Waals surface area contributed by atoms with Crippen molar-refractivity contribution < 1.29 is 14.0 Å². The molecule has 2 aromatic rings. The van der Waals surface area contributed by atoms with Crippen molar-refractivity contribution in [1.82, 2.24) is 14.9 Å². The monoisotopic (exact) mass is 405 g/mol. The molecular formula is C18H24FN7O3. The van der Waals surface area contributed by atoms with Gasteiger partial charge in [0.2, 0.25) is 11.9 Å². The fourth-order valence-electron chi connectivity index (χ4n) is 2.46. The highest BCUT2D eigenvalue weighted by Gasteiger charge is 2.11. The molecule has 6 N–H and O–H groups in total. The third-order valence-electron chi connectivity index (χ3n) is 3.89. The quantitative estimate of drug-likeness (QED) is 0.183. The summed E-state index contributed by atoms with van der Waals surface area (Å²) in [5, 5.41) is 8.82. The summed E-state index contributed by atoms with van der Waals surface area (Å²) in [4.78, 5) is 33.5. The Morgan fingerprint density at radius 3 is 2.79 bits per heavy atom. The van der Waals surface area contributed by atoms with E-state index < -0.39 is 5.56 Å². The minimum atomic E-state index is -0.439. The molecule has 29 heavy (non-hydrogen) atoms. The zero-order chi connectivity index (χ0) is 21.2. The number of rotatable bonds is 10. The maximum atomic E-state index is 13.7. The van der Waals surface area contributed by atoms with E-state index >= 15 is 0 Å². The number of hydrogen-bond donors (Lipinski definition) is 4. The lowest BCUT2D eigenvalue weighted by Gasteiger charge is -2.12. The van der Waals surface area contributed by atoms with E-state index in [1.807, 2.05) is 0 Å². The van der Waals surface area contributed by atoms with E-state index in [1.54, 1.807) is 25.1 Å². The number of nitrogens with two attached hydrogens (primary N) is 2. The van der Waals surface area contributed by atoms with Crippen LogP contribution >= 0.6 is 0 Å². The van der Waals surface area contributed by atoms with Gasteiger partial charge in [0.05, 0.1) is 6.54 Å². The Labute approximate surface area is 166 Å². The summed E-state index contributed by atoms with van der Waals surface area (Å²) in [6.45, 7) is 2.06. The first-order chi connectivity index (χ1) is 13.9. The molecule has 1 amide bonds. The molecule has 2 rings (SSSR count). The Morgan fingerprint density at radius 1 is 1.31 bits per heavy atom. The number of carbonyl (C=O) groups is 1. The molecule has 10 nitrogen and oxygen atoms in total. The predicted octanol–water partition coefficient (Wildman–Crippen LogP) is -0.333. The molecule has 0 fully saturated rings. The van der Waals surface area contributed by atoms with Crippen LogP contribution in [0.5, 0.6) is 0 Å². The molecule has 0 radical (unpaired) electrons. The van der Waals surface area contributed by atoms with Gasteiger partial charge in [-0.2, -0.15) is 0 Å². The topological polar surface area (TPSA) is 150 Å². The number of hydrogen-bond acceptors (Lipinski definition) is 6. The van der Waals surface area contributed by atoms with Gasteiger partial charge in [-0.3, -0.25) is 14.2 Å². The molecule has 0 atom stereocenters. The van der Waals surface area contributed by atoms with E-state index in [0.29, 0.717) is 24.2 Å². The lowest BCUT2D eigenvalue weighted by Crippen LogP contribution is -2.36. The molecule has 0 aliphatic rings. The maximum Gasteiger partial charge on any atom is 0.293 e. The van der Waals surface area contributed by atoms with Gasteiger partial charge >= 0.3 is 0 Å². The van der Waals surface area contributed by atoms with E-state index in [9.17, 15) is 14.0 Å². The Balaban J connectivity index is 1.92. The van der Waals surface area contributed by atoms with Crippen molar-refractivity contribution in [2.45, 2.75) is 19.9 Å². The highest BCUT2D eigenvalue weighted by molar-refractivity contribution is 5.76. The van der Waals surface area contributed by atoms with Crippen molar-refractivity contribution in [2.75, 3.05) is 25.0 Å². The standard InChI is InChI=1S/C18H24FN7O3/c1-12-10-24-16(23-7-6-13-4-2-3-5-14(13)19)17(28)26(12)11-15(27)22-8-9-29-25-18(20)21/h2-5,10H,6-9,11H2,1H3,(H,22,27)(H,23,24)(H4,20,21,25). The molecule has 1 heterocycles. The summed E-state index contributed by atoms with van der Waals surface area (Å²) < 4.78 is 15.0. The minimum Gasteiger partial charge on any atom is -0.391 e. The number of nitrogens with one attached hydrogen (secondary N) is 2. The first kappa shape index (κ1) is 21.7. The highest BCUT2D eigenvalue weighted by atomic mass is 19.1. The van der Waals surface area contributed by atoms with Crippen LogP contribution in [-0.4, -0.2) is 41.1 Å². The van der Waals surface area contributed by atoms with Crippen molar-refractivity contribution in [3.8, 4) is 0 Å². The number of halogens is 1. The summed E-state index contributed by atoms with van der Waals surface area (Å²) in [6.07, 6.45) is 1.87. The van der Waals surface area contributed by atoms with Gasteiger partial charge in [0.25, 0.3) is 5.56 Å². The zero-order valence-electron chi connectivity index (χ0n) is 16.0. The normalized spacial score (nSPS) is 10.3. The van der Waals surface area contributed by atoms with Gasteiger partial charge in [-0.1, -0.05) is 18.2 Å². The van der Waals surface area contributed by atoms with E-state index in [0.717, 1.165) is 0 Å². The Bertz CT molecular complexity index is 926. The van der Waals surface area contributed by atoms with E-state index in [4.69, 9.17) is 16.3 Å². The average molecular weight is 405 g/mol. The molecule has 0 saturated carbocycles. The van der Waals surface area contributed by atoms with Crippen molar-refractivity contribution in [3.05, 3.63) is 57.9 Å². The fourth-order valence-corrected chi connectivity index (χ4v) is 2.46. The molecule has 1 aromatic carbocycles. The second-order valence-electron chi connectivity index (χ2n) is 6.11. The molecule has 0 saturated heterocycles. The maximum absolute atomic E-state index is 13.7. The van der Waals surface area contributed by atoms with E-state index in [-0.39, 0.29) is 43.2 Å². The Morgan fingerprint density at radius 2 is 2.07 bits per heavy atom. The smallest absolute Gasteiger partial charge is 0.293 e. The van der Waals surface area contributed by atoms with Crippen LogP contribution in [0.4, 0.5) is 10.2 Å².